The van der Waals surface area contributed by atoms with Gasteiger partial charge in [-0.1, -0.05) is 31.9 Å². The monoisotopic (exact) mass is 336 g/mol. The maximum atomic E-state index is 11.6. The molecule has 0 fully saturated rings. The number of benzene rings is 1. The van der Waals surface area contributed by atoms with Crippen LogP contribution in [0.4, 0.5) is 0 Å². The molecule has 0 saturated carbocycles. The van der Waals surface area contributed by atoms with Gasteiger partial charge in [-0.05, 0) is 18.2 Å². The molecule has 0 radical (unpaired) electrons. The molecule has 0 saturated heterocycles. The SMILES string of the molecule is O=C(CCC(O)O)c1cc(Br)ccc1Br. The molecule has 0 aliphatic rings. The lowest BCUT2D eigenvalue weighted by Crippen LogP contribution is -2.08. The summed E-state index contributed by atoms with van der Waals surface area (Å²) in [5.74, 6) is -0.115. The van der Waals surface area contributed by atoms with E-state index in [2.05, 4.69) is 31.9 Å². The second-order valence-electron chi connectivity index (χ2n) is 3.07. The minimum atomic E-state index is -1.43. The zero-order chi connectivity index (χ0) is 11.4. The van der Waals surface area contributed by atoms with Crippen LogP contribution in [0, 0.1) is 0 Å². The lowest BCUT2D eigenvalue weighted by atomic mass is 10.1. The molecule has 0 aliphatic heterocycles. The molecule has 0 atom stereocenters. The summed E-state index contributed by atoms with van der Waals surface area (Å²) in [7, 11) is 0. The van der Waals surface area contributed by atoms with Crippen LogP contribution in [0.15, 0.2) is 27.1 Å². The number of carbonyl (C=O) groups excluding carboxylic acids is 1. The maximum absolute atomic E-state index is 11.6. The lowest BCUT2D eigenvalue weighted by molar-refractivity contribution is -0.0450. The van der Waals surface area contributed by atoms with Crippen LogP contribution in [0.2, 0.25) is 0 Å². The molecule has 82 valence electrons. The fourth-order valence-corrected chi connectivity index (χ4v) is 1.93. The van der Waals surface area contributed by atoms with Gasteiger partial charge in [0, 0.05) is 27.4 Å². The standard InChI is InChI=1S/C10H10Br2O3/c11-6-1-2-8(12)7(5-6)9(13)3-4-10(14)15/h1-2,5,10,14-15H,3-4H2. The smallest absolute Gasteiger partial charge is 0.164 e. The van der Waals surface area contributed by atoms with E-state index in [-0.39, 0.29) is 18.6 Å². The van der Waals surface area contributed by atoms with Gasteiger partial charge in [0.15, 0.2) is 12.1 Å². The van der Waals surface area contributed by atoms with Crippen molar-refractivity contribution in [2.75, 3.05) is 0 Å². The first-order valence-electron chi connectivity index (χ1n) is 4.35. The van der Waals surface area contributed by atoms with Crippen molar-refractivity contribution in [1.29, 1.82) is 0 Å². The lowest BCUT2D eigenvalue weighted by Gasteiger charge is -2.05. The Morgan fingerprint density at radius 2 is 2.00 bits per heavy atom. The molecule has 1 aromatic carbocycles. The van der Waals surface area contributed by atoms with Crippen molar-refractivity contribution >= 4 is 37.6 Å². The Kier molecular flexibility index (Phi) is 4.92. The molecule has 3 nitrogen and oxygen atoms in total. The Balaban J connectivity index is 2.77. The highest BCUT2D eigenvalue weighted by Gasteiger charge is 2.11. The molecular weight excluding hydrogens is 328 g/mol. The highest BCUT2D eigenvalue weighted by atomic mass is 79.9. The summed E-state index contributed by atoms with van der Waals surface area (Å²) in [6.07, 6.45) is -1.26. The maximum Gasteiger partial charge on any atom is 0.164 e. The van der Waals surface area contributed by atoms with Gasteiger partial charge in [0.2, 0.25) is 0 Å². The van der Waals surface area contributed by atoms with Crippen LogP contribution in [-0.2, 0) is 0 Å². The van der Waals surface area contributed by atoms with Crippen LogP contribution in [0.1, 0.15) is 23.2 Å². The van der Waals surface area contributed by atoms with Gasteiger partial charge in [0.05, 0.1) is 0 Å². The van der Waals surface area contributed by atoms with Gasteiger partial charge in [-0.15, -0.1) is 0 Å². The zero-order valence-corrected chi connectivity index (χ0v) is 11.0. The third-order valence-corrected chi connectivity index (χ3v) is 3.04. The van der Waals surface area contributed by atoms with Crippen LogP contribution in [0.5, 0.6) is 0 Å². The zero-order valence-electron chi connectivity index (χ0n) is 7.78. The average molecular weight is 338 g/mol. The number of Topliss-reactive ketones (excluding diaryl/α,β-unsaturated/α-hetero) is 1. The van der Waals surface area contributed by atoms with E-state index in [0.717, 1.165) is 4.47 Å². The Morgan fingerprint density at radius 3 is 2.60 bits per heavy atom. The van der Waals surface area contributed by atoms with Gasteiger partial charge in [-0.25, -0.2) is 0 Å². The van der Waals surface area contributed by atoms with Gasteiger partial charge in [0.25, 0.3) is 0 Å². The first-order valence-corrected chi connectivity index (χ1v) is 5.93. The number of hydrogen-bond donors (Lipinski definition) is 2. The van der Waals surface area contributed by atoms with Crippen LogP contribution >= 0.6 is 31.9 Å². The molecule has 0 aromatic heterocycles. The van der Waals surface area contributed by atoms with Crippen LogP contribution in [0.3, 0.4) is 0 Å². The van der Waals surface area contributed by atoms with E-state index in [1.807, 2.05) is 6.07 Å². The summed E-state index contributed by atoms with van der Waals surface area (Å²) in [5.41, 5.74) is 0.546. The normalized spacial score (nSPS) is 10.7. The molecule has 1 rings (SSSR count). The summed E-state index contributed by atoms with van der Waals surface area (Å²) in [6.45, 7) is 0. The van der Waals surface area contributed by atoms with Crippen molar-refractivity contribution in [3.8, 4) is 0 Å². The van der Waals surface area contributed by atoms with Gasteiger partial charge < -0.3 is 10.2 Å². The third kappa shape index (κ3) is 4.03. The summed E-state index contributed by atoms with van der Waals surface area (Å²) in [5, 5.41) is 17.3. The molecule has 0 spiro atoms. The Hall–Kier alpha value is -0.230. The highest BCUT2D eigenvalue weighted by molar-refractivity contribution is 9.11. The van der Waals surface area contributed by atoms with Crippen LogP contribution in [-0.4, -0.2) is 22.3 Å². The largest absolute Gasteiger partial charge is 0.368 e. The van der Waals surface area contributed by atoms with E-state index in [1.165, 1.54) is 0 Å². The van der Waals surface area contributed by atoms with Crippen molar-refractivity contribution in [2.24, 2.45) is 0 Å². The van der Waals surface area contributed by atoms with Crippen molar-refractivity contribution in [1.82, 2.24) is 0 Å². The van der Waals surface area contributed by atoms with E-state index in [0.29, 0.717) is 10.0 Å². The predicted molar refractivity (Wildman–Crippen MR) is 63.6 cm³/mol. The summed E-state index contributed by atoms with van der Waals surface area (Å²) in [6, 6.07) is 5.30. The molecule has 0 amide bonds. The average Bonchev–Trinajstić information content (AvgIpc) is 2.18. The topological polar surface area (TPSA) is 57.5 Å². The quantitative estimate of drug-likeness (QED) is 0.655. The highest BCUT2D eigenvalue weighted by Crippen LogP contribution is 2.23. The van der Waals surface area contributed by atoms with E-state index in [9.17, 15) is 4.79 Å². The molecular formula is C10H10Br2O3. The molecule has 15 heavy (non-hydrogen) atoms. The molecule has 1 aromatic rings. The second-order valence-corrected chi connectivity index (χ2v) is 4.84. The van der Waals surface area contributed by atoms with Crippen LogP contribution in [0.25, 0.3) is 0 Å². The van der Waals surface area contributed by atoms with E-state index in [1.54, 1.807) is 12.1 Å². The molecule has 2 N–H and O–H groups in total. The molecule has 0 unspecified atom stereocenters. The third-order valence-electron chi connectivity index (χ3n) is 1.86. The van der Waals surface area contributed by atoms with E-state index in [4.69, 9.17) is 10.2 Å². The Morgan fingerprint density at radius 1 is 1.33 bits per heavy atom. The number of aliphatic hydroxyl groups is 2. The predicted octanol–water partition coefficient (Wildman–Crippen LogP) is 2.49. The molecule has 5 heteroatoms. The number of halogens is 2. The minimum Gasteiger partial charge on any atom is -0.368 e. The minimum absolute atomic E-state index is 0.0534. The number of rotatable bonds is 4. The molecule has 0 bridgehead atoms. The van der Waals surface area contributed by atoms with Crippen molar-refractivity contribution < 1.29 is 15.0 Å². The van der Waals surface area contributed by atoms with E-state index >= 15 is 0 Å². The Labute approximate surface area is 104 Å². The Bertz CT molecular complexity index is 364. The van der Waals surface area contributed by atoms with Gasteiger partial charge in [-0.2, -0.15) is 0 Å². The number of ketones is 1. The number of aliphatic hydroxyl groups excluding tert-OH is 1. The van der Waals surface area contributed by atoms with Gasteiger partial charge >= 0.3 is 0 Å². The fraction of sp³-hybridized carbons (Fsp3) is 0.300. The van der Waals surface area contributed by atoms with Crippen molar-refractivity contribution in [3.63, 3.8) is 0 Å². The first-order chi connectivity index (χ1) is 7.00. The second kappa shape index (κ2) is 5.75. The van der Waals surface area contributed by atoms with Gasteiger partial charge in [0.1, 0.15) is 0 Å². The summed E-state index contributed by atoms with van der Waals surface area (Å²) >= 11 is 6.54. The summed E-state index contributed by atoms with van der Waals surface area (Å²) < 4.78 is 1.53. The summed E-state index contributed by atoms with van der Waals surface area (Å²) in [4.78, 5) is 11.6. The molecule has 0 aliphatic carbocycles. The molecule has 0 heterocycles. The number of hydrogen-bond acceptors (Lipinski definition) is 3. The van der Waals surface area contributed by atoms with Crippen LogP contribution < -0.4 is 0 Å². The first kappa shape index (κ1) is 12.8. The van der Waals surface area contributed by atoms with Crippen molar-refractivity contribution in [3.05, 3.63) is 32.7 Å². The fourth-order valence-electron chi connectivity index (χ4n) is 1.11. The number of carbonyl (C=O) groups is 1. The van der Waals surface area contributed by atoms with Crippen molar-refractivity contribution in [2.45, 2.75) is 19.1 Å². The van der Waals surface area contributed by atoms with E-state index < -0.39 is 6.29 Å². The van der Waals surface area contributed by atoms with Gasteiger partial charge in [-0.3, -0.25) is 4.79 Å².